The predicted octanol–water partition coefficient (Wildman–Crippen LogP) is 1.61. The summed E-state index contributed by atoms with van der Waals surface area (Å²) in [5.74, 6) is -1.00. The lowest BCUT2D eigenvalue weighted by Crippen LogP contribution is -2.07. The molecule has 0 aromatic heterocycles. The molecule has 1 N–H and O–H groups in total. The van der Waals surface area contributed by atoms with Crippen molar-refractivity contribution in [2.75, 3.05) is 13.2 Å². The van der Waals surface area contributed by atoms with E-state index in [2.05, 4.69) is 13.2 Å². The van der Waals surface area contributed by atoms with Crippen LogP contribution in [0.25, 0.3) is 0 Å². The summed E-state index contributed by atoms with van der Waals surface area (Å²) in [5, 5.41) is 8.39. The lowest BCUT2D eigenvalue weighted by molar-refractivity contribution is -0.133. The minimum atomic E-state index is -1.00. The van der Waals surface area contributed by atoms with Gasteiger partial charge in [0.05, 0.1) is 12.2 Å². The van der Waals surface area contributed by atoms with E-state index in [-0.39, 0.29) is 12.2 Å². The van der Waals surface area contributed by atoms with Gasteiger partial charge in [0.25, 0.3) is 0 Å². The average Bonchev–Trinajstić information content (AvgIpc) is 2.03. The van der Waals surface area contributed by atoms with Crippen molar-refractivity contribution in [3.05, 3.63) is 24.8 Å². The minimum absolute atomic E-state index is 0.0913. The molecule has 0 heterocycles. The first-order valence-corrected chi connectivity index (χ1v) is 3.78. The average molecular weight is 170 g/mol. The maximum atomic E-state index is 10.2. The van der Waals surface area contributed by atoms with Gasteiger partial charge in [-0.05, 0) is 12.8 Å². The zero-order valence-corrected chi connectivity index (χ0v) is 7.08. The molecule has 0 saturated heterocycles. The molecule has 0 aliphatic heterocycles. The topological polar surface area (TPSA) is 46.5 Å². The Morgan fingerprint density at radius 1 is 1.58 bits per heavy atom. The Labute approximate surface area is 72.3 Å². The Bertz CT molecular complexity index is 173. The number of hydrogen-bond donors (Lipinski definition) is 1. The van der Waals surface area contributed by atoms with Crippen molar-refractivity contribution in [2.45, 2.75) is 12.8 Å². The van der Waals surface area contributed by atoms with Crippen molar-refractivity contribution >= 4 is 5.97 Å². The minimum Gasteiger partial charge on any atom is -0.478 e. The van der Waals surface area contributed by atoms with Crippen LogP contribution < -0.4 is 0 Å². The van der Waals surface area contributed by atoms with Crippen LogP contribution in [0, 0.1) is 0 Å². The Balaban J connectivity index is 3.25. The molecule has 0 spiro atoms. The van der Waals surface area contributed by atoms with E-state index in [1.807, 2.05) is 0 Å². The standard InChI is InChI=1S/C9H14O3/c1-3-4-5-6-12-7-8(2)9(10)11/h3H,1-2,4-7H2,(H,10,11). The Kier molecular flexibility index (Phi) is 6.01. The predicted molar refractivity (Wildman–Crippen MR) is 47.0 cm³/mol. The Morgan fingerprint density at radius 3 is 2.75 bits per heavy atom. The van der Waals surface area contributed by atoms with E-state index in [0.717, 1.165) is 12.8 Å². The highest BCUT2D eigenvalue weighted by molar-refractivity contribution is 5.85. The largest absolute Gasteiger partial charge is 0.478 e. The number of carbonyl (C=O) groups is 1. The fourth-order valence-electron chi connectivity index (χ4n) is 0.587. The van der Waals surface area contributed by atoms with E-state index in [4.69, 9.17) is 9.84 Å². The van der Waals surface area contributed by atoms with Crippen molar-refractivity contribution < 1.29 is 14.6 Å². The summed E-state index contributed by atoms with van der Waals surface area (Å²) in [6.45, 7) is 7.54. The van der Waals surface area contributed by atoms with Gasteiger partial charge in [0.1, 0.15) is 0 Å². The van der Waals surface area contributed by atoms with Gasteiger partial charge in [0.15, 0.2) is 0 Å². The summed E-state index contributed by atoms with van der Waals surface area (Å²) in [7, 11) is 0. The van der Waals surface area contributed by atoms with Gasteiger partial charge in [-0.2, -0.15) is 0 Å². The fourth-order valence-corrected chi connectivity index (χ4v) is 0.587. The highest BCUT2D eigenvalue weighted by Gasteiger charge is 2.02. The van der Waals surface area contributed by atoms with Crippen LogP contribution in [-0.2, 0) is 9.53 Å². The van der Waals surface area contributed by atoms with Crippen molar-refractivity contribution in [3.8, 4) is 0 Å². The second-order valence-corrected chi connectivity index (χ2v) is 2.39. The Hall–Kier alpha value is -1.09. The maximum absolute atomic E-state index is 10.2. The lowest BCUT2D eigenvalue weighted by atomic mass is 10.3. The monoisotopic (exact) mass is 170 g/mol. The van der Waals surface area contributed by atoms with E-state index in [1.165, 1.54) is 0 Å². The summed E-state index contributed by atoms with van der Waals surface area (Å²) in [6, 6.07) is 0. The van der Waals surface area contributed by atoms with Gasteiger partial charge in [-0.25, -0.2) is 4.79 Å². The smallest absolute Gasteiger partial charge is 0.333 e. The summed E-state index contributed by atoms with van der Waals surface area (Å²) >= 11 is 0. The second kappa shape index (κ2) is 6.61. The molecule has 0 saturated carbocycles. The summed E-state index contributed by atoms with van der Waals surface area (Å²) in [5.41, 5.74) is 0.0913. The van der Waals surface area contributed by atoms with E-state index >= 15 is 0 Å². The first-order chi connectivity index (χ1) is 5.68. The van der Waals surface area contributed by atoms with Gasteiger partial charge in [-0.1, -0.05) is 12.7 Å². The van der Waals surface area contributed by atoms with E-state index in [9.17, 15) is 4.79 Å². The zero-order chi connectivity index (χ0) is 9.40. The van der Waals surface area contributed by atoms with Crippen LogP contribution in [0.2, 0.25) is 0 Å². The van der Waals surface area contributed by atoms with E-state index in [1.54, 1.807) is 6.08 Å². The number of aliphatic carboxylic acids is 1. The first-order valence-electron chi connectivity index (χ1n) is 3.78. The molecule has 0 amide bonds. The summed E-state index contributed by atoms with van der Waals surface area (Å²) in [6.07, 6.45) is 3.56. The van der Waals surface area contributed by atoms with Gasteiger partial charge in [-0.15, -0.1) is 6.58 Å². The lowest BCUT2D eigenvalue weighted by Gasteiger charge is -2.01. The molecular formula is C9H14O3. The number of unbranched alkanes of at least 4 members (excludes halogenated alkanes) is 1. The molecule has 12 heavy (non-hydrogen) atoms. The molecule has 68 valence electrons. The SMILES string of the molecule is C=CCCCOCC(=C)C(=O)O. The van der Waals surface area contributed by atoms with Crippen molar-refractivity contribution in [1.82, 2.24) is 0 Å². The molecule has 3 heteroatoms. The number of ether oxygens (including phenoxy) is 1. The van der Waals surface area contributed by atoms with Crippen LogP contribution in [0.1, 0.15) is 12.8 Å². The third-order valence-electron chi connectivity index (χ3n) is 1.28. The Morgan fingerprint density at radius 2 is 2.25 bits per heavy atom. The van der Waals surface area contributed by atoms with Crippen LogP contribution >= 0.6 is 0 Å². The molecule has 0 aromatic rings. The van der Waals surface area contributed by atoms with Gasteiger partial charge in [0.2, 0.25) is 0 Å². The third-order valence-corrected chi connectivity index (χ3v) is 1.28. The van der Waals surface area contributed by atoms with Crippen LogP contribution in [0.3, 0.4) is 0 Å². The van der Waals surface area contributed by atoms with Crippen LogP contribution in [0.5, 0.6) is 0 Å². The molecule has 0 atom stereocenters. The van der Waals surface area contributed by atoms with Crippen LogP contribution in [-0.4, -0.2) is 24.3 Å². The molecule has 0 rings (SSSR count). The molecule has 0 aromatic carbocycles. The van der Waals surface area contributed by atoms with Gasteiger partial charge >= 0.3 is 5.97 Å². The first kappa shape index (κ1) is 10.9. The highest BCUT2D eigenvalue weighted by atomic mass is 16.5. The highest BCUT2D eigenvalue weighted by Crippen LogP contribution is 1.94. The van der Waals surface area contributed by atoms with E-state index in [0.29, 0.717) is 6.61 Å². The van der Waals surface area contributed by atoms with Crippen molar-refractivity contribution in [2.24, 2.45) is 0 Å². The van der Waals surface area contributed by atoms with Crippen LogP contribution in [0.15, 0.2) is 24.8 Å². The van der Waals surface area contributed by atoms with Crippen molar-refractivity contribution in [1.29, 1.82) is 0 Å². The fraction of sp³-hybridized carbons (Fsp3) is 0.444. The number of rotatable bonds is 7. The zero-order valence-electron chi connectivity index (χ0n) is 7.08. The third kappa shape index (κ3) is 5.68. The van der Waals surface area contributed by atoms with Crippen molar-refractivity contribution in [3.63, 3.8) is 0 Å². The molecule has 0 aliphatic rings. The van der Waals surface area contributed by atoms with Gasteiger partial charge < -0.3 is 9.84 Å². The summed E-state index contributed by atoms with van der Waals surface area (Å²) in [4.78, 5) is 10.2. The molecular weight excluding hydrogens is 156 g/mol. The number of carboxylic acids is 1. The van der Waals surface area contributed by atoms with Gasteiger partial charge in [-0.3, -0.25) is 0 Å². The molecule has 0 radical (unpaired) electrons. The quantitative estimate of drug-likeness (QED) is 0.358. The molecule has 3 nitrogen and oxygen atoms in total. The molecule has 0 aliphatic carbocycles. The van der Waals surface area contributed by atoms with Gasteiger partial charge in [0, 0.05) is 6.61 Å². The molecule has 0 fully saturated rings. The number of hydrogen-bond acceptors (Lipinski definition) is 2. The number of carboxylic acid groups (broad SMARTS) is 1. The maximum Gasteiger partial charge on any atom is 0.333 e. The molecule has 0 bridgehead atoms. The number of allylic oxidation sites excluding steroid dienone is 1. The second-order valence-electron chi connectivity index (χ2n) is 2.39. The van der Waals surface area contributed by atoms with E-state index < -0.39 is 5.97 Å². The van der Waals surface area contributed by atoms with Crippen LogP contribution in [0.4, 0.5) is 0 Å². The normalized spacial score (nSPS) is 9.33. The molecule has 0 unspecified atom stereocenters. The summed E-state index contributed by atoms with van der Waals surface area (Å²) < 4.78 is 5.03.